The number of hydrogen-bond acceptors (Lipinski definition) is 4. The number of ether oxygens (including phenoxy) is 1. The monoisotopic (exact) mass is 903 g/mol. The third-order valence-corrected chi connectivity index (χ3v) is 15.5. The molecule has 0 amide bonds. The molecule has 4 nitrogen and oxygen atoms in total. The first-order chi connectivity index (χ1) is 33.5. The summed E-state index contributed by atoms with van der Waals surface area (Å²) in [6, 6.07) is 48.1. The lowest BCUT2D eigenvalue weighted by atomic mass is 9.70. The summed E-state index contributed by atoms with van der Waals surface area (Å²) in [5.74, 6) is 1.90. The Labute approximate surface area is 408 Å². The van der Waals surface area contributed by atoms with Crippen LogP contribution in [0.5, 0.6) is 5.75 Å². The van der Waals surface area contributed by atoms with Crippen molar-refractivity contribution in [2.75, 3.05) is 6.61 Å². The fourth-order valence-corrected chi connectivity index (χ4v) is 11.8. The lowest BCUT2D eigenvalue weighted by molar-refractivity contribution is 0.304. The van der Waals surface area contributed by atoms with Crippen molar-refractivity contribution in [3.63, 3.8) is 0 Å². The van der Waals surface area contributed by atoms with Crippen molar-refractivity contribution in [2.45, 2.75) is 161 Å². The van der Waals surface area contributed by atoms with E-state index in [1.165, 1.54) is 139 Å². The van der Waals surface area contributed by atoms with Gasteiger partial charge in [-0.3, -0.25) is 0 Å². The number of nitrogens with zero attached hydrogens (tertiary/aromatic N) is 2. The molecule has 0 fully saturated rings. The topological polar surface area (TPSA) is 48.2 Å². The summed E-state index contributed by atoms with van der Waals surface area (Å²) < 4.78 is 12.8. The normalized spacial score (nSPS) is 13.8. The van der Waals surface area contributed by atoms with Gasteiger partial charge in [-0.15, -0.1) is 10.2 Å². The second kappa shape index (κ2) is 21.7. The summed E-state index contributed by atoms with van der Waals surface area (Å²) in [4.78, 5) is 0. The second-order valence-electron chi connectivity index (χ2n) is 20.0. The smallest absolute Gasteiger partial charge is 0.248 e. The van der Waals surface area contributed by atoms with Crippen molar-refractivity contribution in [1.82, 2.24) is 10.2 Å². The highest BCUT2D eigenvalue weighted by Gasteiger charge is 2.43. The molecule has 0 spiro atoms. The molecule has 0 saturated heterocycles. The van der Waals surface area contributed by atoms with E-state index in [2.05, 4.69) is 143 Å². The Morgan fingerprint density at radius 3 is 1.28 bits per heavy atom. The van der Waals surface area contributed by atoms with Gasteiger partial charge in [0, 0.05) is 22.0 Å². The van der Waals surface area contributed by atoms with Crippen molar-refractivity contribution >= 4 is 0 Å². The molecule has 2 aliphatic carbocycles. The van der Waals surface area contributed by atoms with Crippen molar-refractivity contribution in [3.8, 4) is 73.2 Å². The van der Waals surface area contributed by atoms with Crippen LogP contribution in [0, 0.1) is 0 Å². The van der Waals surface area contributed by atoms with Gasteiger partial charge in [-0.25, -0.2) is 0 Å². The van der Waals surface area contributed by atoms with Crippen LogP contribution in [0.2, 0.25) is 0 Å². The van der Waals surface area contributed by atoms with Crippen LogP contribution in [0.15, 0.2) is 132 Å². The highest BCUT2D eigenvalue weighted by Crippen LogP contribution is 2.57. The number of aromatic nitrogens is 2. The number of rotatable bonds is 24. The average Bonchev–Trinajstić information content (AvgIpc) is 4.07. The quantitative estimate of drug-likeness (QED) is 0.0567. The number of benzene rings is 6. The Morgan fingerprint density at radius 2 is 0.779 bits per heavy atom. The average molecular weight is 903 g/mol. The van der Waals surface area contributed by atoms with Gasteiger partial charge in [0.2, 0.25) is 11.8 Å². The lowest BCUT2D eigenvalue weighted by Crippen LogP contribution is -2.25. The summed E-state index contributed by atoms with van der Waals surface area (Å²) in [5.41, 5.74) is 18.1. The van der Waals surface area contributed by atoms with Crippen LogP contribution in [0.1, 0.15) is 172 Å². The van der Waals surface area contributed by atoms with Gasteiger partial charge in [-0.05, 0) is 153 Å². The highest BCUT2D eigenvalue weighted by atomic mass is 16.5. The van der Waals surface area contributed by atoms with E-state index in [1.807, 2.05) is 24.3 Å². The van der Waals surface area contributed by atoms with Crippen molar-refractivity contribution in [3.05, 3.63) is 150 Å². The molecule has 0 unspecified atom stereocenters. The summed E-state index contributed by atoms with van der Waals surface area (Å²) in [6.07, 6.45) is 21.7. The van der Waals surface area contributed by atoms with Crippen LogP contribution in [0.4, 0.5) is 0 Å². The fraction of sp³-hybridized carbons (Fsp3) is 0.406. The van der Waals surface area contributed by atoms with Crippen LogP contribution in [0.3, 0.4) is 0 Å². The number of fused-ring (bicyclic) bond motifs is 6. The third-order valence-electron chi connectivity index (χ3n) is 15.5. The zero-order valence-corrected chi connectivity index (χ0v) is 41.8. The summed E-state index contributed by atoms with van der Waals surface area (Å²) in [7, 11) is 0. The molecule has 0 aliphatic heterocycles. The van der Waals surface area contributed by atoms with Gasteiger partial charge in [0.1, 0.15) is 5.75 Å². The maximum atomic E-state index is 6.64. The van der Waals surface area contributed by atoms with Crippen molar-refractivity contribution in [1.29, 1.82) is 0 Å². The zero-order chi connectivity index (χ0) is 46.9. The SMILES string of the molecule is CCCCCCCCOc1ccc(-c2nnc(-c3cc(-c4ccc5c(c4)C(CCCC)(CCCC)c4ccccc4-5)cc(-c4ccc5c(c4)C(CCCC)(CCCC)c4ccccc4-5)c3)o2)cc1. The van der Waals surface area contributed by atoms with Gasteiger partial charge < -0.3 is 9.15 Å². The van der Waals surface area contributed by atoms with Gasteiger partial charge in [-0.2, -0.15) is 0 Å². The Hall–Kier alpha value is -5.74. The van der Waals surface area contributed by atoms with Crippen molar-refractivity contribution < 1.29 is 9.15 Å². The summed E-state index contributed by atoms with van der Waals surface area (Å²) in [5, 5.41) is 9.39. The largest absolute Gasteiger partial charge is 0.494 e. The predicted molar refractivity (Wildman–Crippen MR) is 285 cm³/mol. The molecule has 352 valence electrons. The van der Waals surface area contributed by atoms with E-state index in [4.69, 9.17) is 14.3 Å². The first kappa shape index (κ1) is 47.3. The van der Waals surface area contributed by atoms with E-state index in [-0.39, 0.29) is 10.8 Å². The van der Waals surface area contributed by atoms with E-state index < -0.39 is 0 Å². The molecular weight excluding hydrogens is 829 g/mol. The molecular formula is C64H74N2O2. The van der Waals surface area contributed by atoms with Crippen molar-refractivity contribution in [2.24, 2.45) is 0 Å². The molecule has 0 bridgehead atoms. The van der Waals surface area contributed by atoms with Gasteiger partial charge in [-0.1, -0.05) is 191 Å². The Bertz CT molecular complexity index is 2620. The van der Waals surface area contributed by atoms with Gasteiger partial charge in [0.05, 0.1) is 6.61 Å². The molecule has 68 heavy (non-hydrogen) atoms. The maximum Gasteiger partial charge on any atom is 0.248 e. The van der Waals surface area contributed by atoms with Gasteiger partial charge in [0.15, 0.2) is 0 Å². The minimum Gasteiger partial charge on any atom is -0.494 e. The molecule has 6 aromatic carbocycles. The fourth-order valence-electron chi connectivity index (χ4n) is 11.8. The molecule has 0 atom stereocenters. The van der Waals surface area contributed by atoms with Crippen LogP contribution < -0.4 is 4.74 Å². The molecule has 9 rings (SSSR count). The first-order valence-electron chi connectivity index (χ1n) is 26.7. The minimum absolute atomic E-state index is 0.0000807. The minimum atomic E-state index is -0.0000807. The summed E-state index contributed by atoms with van der Waals surface area (Å²) in [6.45, 7) is 12.3. The molecule has 0 saturated carbocycles. The van der Waals surface area contributed by atoms with E-state index in [0.717, 1.165) is 66.7 Å². The van der Waals surface area contributed by atoms with E-state index in [9.17, 15) is 0 Å². The molecule has 0 radical (unpaired) electrons. The van der Waals surface area contributed by atoms with Gasteiger partial charge >= 0.3 is 0 Å². The zero-order valence-electron chi connectivity index (χ0n) is 41.8. The second-order valence-corrected chi connectivity index (χ2v) is 20.0. The third kappa shape index (κ3) is 9.37. The Kier molecular flexibility index (Phi) is 15.1. The molecule has 7 aromatic rings. The molecule has 0 N–H and O–H groups in total. The lowest BCUT2D eigenvalue weighted by Gasteiger charge is -2.33. The van der Waals surface area contributed by atoms with E-state index >= 15 is 0 Å². The first-order valence-corrected chi connectivity index (χ1v) is 26.7. The van der Waals surface area contributed by atoms with Crippen LogP contribution in [0.25, 0.3) is 67.4 Å². The van der Waals surface area contributed by atoms with Crippen LogP contribution in [-0.2, 0) is 10.8 Å². The maximum absolute atomic E-state index is 6.64. The standard InChI is InChI=1S/C64H74N2O2/c1-6-11-16-17-18-23-40-67-52-32-28-46(29-33-52)61-65-66-62(68-61)51-42-49(47-30-34-55-53-24-19-21-26-57(53)63(36-12-7-2,37-13-8-3)59(55)44-47)41-50(43-51)48-31-35-56-54-25-20-22-27-58(54)64(38-14-9-4,39-15-10-5)60(56)45-48/h19-22,24-35,41-45H,6-18,23,36-40H2,1-5H3. The van der Waals surface area contributed by atoms with Crippen LogP contribution in [-0.4, -0.2) is 16.8 Å². The molecule has 1 aromatic heterocycles. The Balaban J connectivity index is 1.13. The molecule has 2 aliphatic rings. The number of hydrogen-bond donors (Lipinski definition) is 0. The number of unbranched alkanes of at least 4 members (excludes halogenated alkanes) is 9. The van der Waals surface area contributed by atoms with E-state index in [1.54, 1.807) is 0 Å². The molecule has 1 heterocycles. The van der Waals surface area contributed by atoms with E-state index in [0.29, 0.717) is 11.8 Å². The molecule has 4 heteroatoms. The van der Waals surface area contributed by atoms with Crippen LogP contribution >= 0.6 is 0 Å². The predicted octanol–water partition coefficient (Wildman–Crippen LogP) is 18.8. The van der Waals surface area contributed by atoms with Gasteiger partial charge in [0.25, 0.3) is 0 Å². The Morgan fingerprint density at radius 1 is 0.368 bits per heavy atom. The highest BCUT2D eigenvalue weighted by molar-refractivity contribution is 5.88. The summed E-state index contributed by atoms with van der Waals surface area (Å²) >= 11 is 0.